The third-order valence-corrected chi connectivity index (χ3v) is 2.16. The summed E-state index contributed by atoms with van der Waals surface area (Å²) in [6.07, 6.45) is 5.16. The first-order valence-electron chi connectivity index (χ1n) is 4.23. The van der Waals surface area contributed by atoms with Gasteiger partial charge in [-0.2, -0.15) is 0 Å². The molecule has 0 aliphatic carbocycles. The van der Waals surface area contributed by atoms with E-state index in [0.717, 1.165) is 0 Å². The topological polar surface area (TPSA) is 40.5 Å². The highest BCUT2D eigenvalue weighted by Crippen LogP contribution is 2.23. The van der Waals surface area contributed by atoms with Gasteiger partial charge in [-0.05, 0) is 18.2 Å². The van der Waals surface area contributed by atoms with Crippen molar-refractivity contribution in [2.45, 2.75) is 0 Å². The zero-order valence-electron chi connectivity index (χ0n) is 8.20. The highest BCUT2D eigenvalue weighted by atomic mass is 35.5. The summed E-state index contributed by atoms with van der Waals surface area (Å²) in [4.78, 5) is 12.6. The van der Waals surface area contributed by atoms with E-state index in [2.05, 4.69) is 5.92 Å². The summed E-state index contributed by atoms with van der Waals surface area (Å²) in [6.45, 7) is 0.334. The number of carbonyl (C=O) groups is 1. The number of carboxylic acids is 1. The average molecular weight is 224 g/mol. The van der Waals surface area contributed by atoms with Gasteiger partial charge in [-0.15, -0.1) is 6.42 Å². The summed E-state index contributed by atoms with van der Waals surface area (Å²) in [5, 5.41) is 9.44. The van der Waals surface area contributed by atoms with Gasteiger partial charge in [0.25, 0.3) is 0 Å². The van der Waals surface area contributed by atoms with Crippen LogP contribution in [0.2, 0.25) is 5.02 Å². The van der Waals surface area contributed by atoms with E-state index in [-0.39, 0.29) is 5.56 Å². The zero-order chi connectivity index (χ0) is 11.4. The molecule has 1 aromatic rings. The molecule has 0 heterocycles. The smallest absolute Gasteiger partial charge is 0.337 e. The number of carboxylic acid groups (broad SMARTS) is 1. The summed E-state index contributed by atoms with van der Waals surface area (Å²) in [7, 11) is 1.72. The summed E-state index contributed by atoms with van der Waals surface area (Å²) in [5.41, 5.74) is 0.713. The van der Waals surface area contributed by atoms with E-state index in [9.17, 15) is 4.79 Å². The summed E-state index contributed by atoms with van der Waals surface area (Å²) >= 11 is 5.79. The highest BCUT2D eigenvalue weighted by molar-refractivity contribution is 6.31. The monoisotopic (exact) mass is 223 g/mol. The maximum absolute atomic E-state index is 10.9. The molecule has 0 aromatic heterocycles. The molecule has 0 aliphatic rings. The third kappa shape index (κ3) is 2.64. The highest BCUT2D eigenvalue weighted by Gasteiger charge is 2.13. The van der Waals surface area contributed by atoms with Crippen LogP contribution in [0, 0.1) is 12.3 Å². The predicted molar refractivity (Wildman–Crippen MR) is 60.5 cm³/mol. The fourth-order valence-corrected chi connectivity index (χ4v) is 1.39. The number of nitrogens with zero attached hydrogens (tertiary/aromatic N) is 1. The van der Waals surface area contributed by atoms with E-state index in [1.807, 2.05) is 0 Å². The molecule has 0 saturated carbocycles. The van der Waals surface area contributed by atoms with Gasteiger partial charge in [0.1, 0.15) is 0 Å². The van der Waals surface area contributed by atoms with Crippen molar-refractivity contribution in [3.63, 3.8) is 0 Å². The average Bonchev–Trinajstić information content (AvgIpc) is 2.17. The second-order valence-corrected chi connectivity index (χ2v) is 3.46. The van der Waals surface area contributed by atoms with Gasteiger partial charge in [-0.3, -0.25) is 0 Å². The van der Waals surface area contributed by atoms with Crippen LogP contribution in [0.15, 0.2) is 18.2 Å². The van der Waals surface area contributed by atoms with Crippen LogP contribution in [0.1, 0.15) is 10.4 Å². The molecule has 1 N–H and O–H groups in total. The van der Waals surface area contributed by atoms with Crippen molar-refractivity contribution in [3.8, 4) is 12.3 Å². The van der Waals surface area contributed by atoms with Crippen molar-refractivity contribution in [2.75, 3.05) is 18.5 Å². The van der Waals surface area contributed by atoms with E-state index < -0.39 is 5.97 Å². The number of benzene rings is 1. The number of hydrogen-bond acceptors (Lipinski definition) is 2. The molecule has 0 spiro atoms. The number of anilines is 1. The maximum Gasteiger partial charge on any atom is 0.337 e. The number of rotatable bonds is 3. The Balaban J connectivity index is 3.19. The largest absolute Gasteiger partial charge is 0.478 e. The predicted octanol–water partition coefficient (Wildman–Crippen LogP) is 2.11. The number of hydrogen-bond donors (Lipinski definition) is 1. The van der Waals surface area contributed by atoms with E-state index in [4.69, 9.17) is 23.1 Å². The van der Waals surface area contributed by atoms with Gasteiger partial charge >= 0.3 is 5.97 Å². The van der Waals surface area contributed by atoms with Crippen LogP contribution in [0.25, 0.3) is 0 Å². The first kappa shape index (κ1) is 11.4. The van der Waals surface area contributed by atoms with Crippen LogP contribution in [-0.4, -0.2) is 24.7 Å². The van der Waals surface area contributed by atoms with Crippen LogP contribution in [0.4, 0.5) is 5.69 Å². The van der Waals surface area contributed by atoms with Crippen molar-refractivity contribution in [2.24, 2.45) is 0 Å². The van der Waals surface area contributed by atoms with Crippen molar-refractivity contribution >= 4 is 23.3 Å². The SMILES string of the molecule is C#CCN(C)c1cc(Cl)ccc1C(=O)O. The zero-order valence-corrected chi connectivity index (χ0v) is 8.95. The minimum atomic E-state index is -0.995. The molecule has 0 saturated heterocycles. The molecule has 4 heteroatoms. The second kappa shape index (κ2) is 4.72. The first-order chi connectivity index (χ1) is 7.06. The van der Waals surface area contributed by atoms with Crippen LogP contribution in [0.5, 0.6) is 0 Å². The second-order valence-electron chi connectivity index (χ2n) is 3.03. The third-order valence-electron chi connectivity index (χ3n) is 1.93. The molecule has 0 unspecified atom stereocenters. The van der Waals surface area contributed by atoms with Crippen molar-refractivity contribution < 1.29 is 9.90 Å². The van der Waals surface area contributed by atoms with Gasteiger partial charge in [0.05, 0.1) is 17.8 Å². The van der Waals surface area contributed by atoms with E-state index in [0.29, 0.717) is 17.3 Å². The van der Waals surface area contributed by atoms with Crippen molar-refractivity contribution in [1.82, 2.24) is 0 Å². The Kier molecular flexibility index (Phi) is 3.59. The Bertz CT molecular complexity index is 423. The number of terminal acetylenes is 1. The molecule has 3 nitrogen and oxygen atoms in total. The van der Waals surface area contributed by atoms with Crippen LogP contribution in [-0.2, 0) is 0 Å². The van der Waals surface area contributed by atoms with Gasteiger partial charge in [-0.25, -0.2) is 4.79 Å². The Labute approximate surface area is 93.3 Å². The number of halogens is 1. The molecule has 78 valence electrons. The minimum absolute atomic E-state index is 0.192. The lowest BCUT2D eigenvalue weighted by Crippen LogP contribution is -2.20. The molecule has 15 heavy (non-hydrogen) atoms. The van der Waals surface area contributed by atoms with Gasteiger partial charge in [0.2, 0.25) is 0 Å². The van der Waals surface area contributed by atoms with Crippen LogP contribution >= 0.6 is 11.6 Å². The molecule has 0 radical (unpaired) electrons. The van der Waals surface area contributed by atoms with Crippen molar-refractivity contribution in [1.29, 1.82) is 0 Å². The lowest BCUT2D eigenvalue weighted by Gasteiger charge is -2.18. The Morgan fingerprint density at radius 1 is 1.67 bits per heavy atom. The molecule has 0 aliphatic heterocycles. The fraction of sp³-hybridized carbons (Fsp3) is 0.182. The molecular formula is C11H10ClNO2. The summed E-state index contributed by atoms with van der Waals surface area (Å²) in [5.74, 6) is 1.45. The Morgan fingerprint density at radius 2 is 2.33 bits per heavy atom. The Morgan fingerprint density at radius 3 is 2.87 bits per heavy atom. The van der Waals surface area contributed by atoms with Gasteiger partial charge in [-0.1, -0.05) is 17.5 Å². The van der Waals surface area contributed by atoms with E-state index >= 15 is 0 Å². The molecule has 0 amide bonds. The van der Waals surface area contributed by atoms with Gasteiger partial charge in [0.15, 0.2) is 0 Å². The quantitative estimate of drug-likeness (QED) is 0.798. The fourth-order valence-electron chi connectivity index (χ4n) is 1.22. The molecule has 0 bridgehead atoms. The Hall–Kier alpha value is -1.66. The minimum Gasteiger partial charge on any atom is -0.478 e. The summed E-state index contributed by atoms with van der Waals surface area (Å²) < 4.78 is 0. The van der Waals surface area contributed by atoms with Crippen molar-refractivity contribution in [3.05, 3.63) is 28.8 Å². The molecule has 0 atom stereocenters. The molecule has 1 aromatic carbocycles. The maximum atomic E-state index is 10.9. The molecular weight excluding hydrogens is 214 g/mol. The lowest BCUT2D eigenvalue weighted by molar-refractivity contribution is 0.0697. The first-order valence-corrected chi connectivity index (χ1v) is 4.61. The molecule has 0 fully saturated rings. The normalized spacial score (nSPS) is 9.40. The summed E-state index contributed by atoms with van der Waals surface area (Å²) in [6, 6.07) is 4.59. The molecule has 1 rings (SSSR count). The van der Waals surface area contributed by atoms with Gasteiger partial charge in [0, 0.05) is 12.1 Å². The standard InChI is InChI=1S/C11H10ClNO2/c1-3-6-13(2)10-7-8(12)4-5-9(10)11(14)15/h1,4-5,7H,6H2,2H3,(H,14,15). The van der Waals surface area contributed by atoms with E-state index in [1.54, 1.807) is 18.0 Å². The lowest BCUT2D eigenvalue weighted by atomic mass is 10.1. The van der Waals surface area contributed by atoms with Crippen LogP contribution in [0.3, 0.4) is 0 Å². The number of aromatic carboxylic acids is 1. The van der Waals surface area contributed by atoms with Crippen LogP contribution < -0.4 is 4.90 Å². The van der Waals surface area contributed by atoms with Gasteiger partial charge < -0.3 is 10.0 Å². The van der Waals surface area contributed by atoms with E-state index in [1.165, 1.54) is 12.1 Å².